The lowest BCUT2D eigenvalue weighted by molar-refractivity contribution is 0.100. The van der Waals surface area contributed by atoms with Crippen LogP contribution < -0.4 is 10.5 Å². The first-order valence-electron chi connectivity index (χ1n) is 5.16. The predicted molar refractivity (Wildman–Crippen MR) is 64.0 cm³/mol. The molecule has 4 heteroatoms. The molecule has 4 nitrogen and oxygen atoms in total. The third kappa shape index (κ3) is 2.15. The van der Waals surface area contributed by atoms with Gasteiger partial charge in [-0.1, -0.05) is 12.1 Å². The van der Waals surface area contributed by atoms with Crippen molar-refractivity contribution in [2.75, 3.05) is 7.11 Å². The van der Waals surface area contributed by atoms with Crippen LogP contribution in [0.2, 0.25) is 0 Å². The van der Waals surface area contributed by atoms with Crippen LogP contribution in [0.15, 0.2) is 34.7 Å². The molecule has 2 N–H and O–H groups in total. The van der Waals surface area contributed by atoms with Gasteiger partial charge in [-0.3, -0.25) is 4.79 Å². The van der Waals surface area contributed by atoms with Gasteiger partial charge >= 0.3 is 0 Å². The zero-order chi connectivity index (χ0) is 12.4. The van der Waals surface area contributed by atoms with E-state index >= 15 is 0 Å². The molecule has 0 fully saturated rings. The van der Waals surface area contributed by atoms with E-state index in [0.717, 1.165) is 5.56 Å². The molecular formula is C13H13NO3. The smallest absolute Gasteiger partial charge is 0.252 e. The van der Waals surface area contributed by atoms with E-state index in [0.29, 0.717) is 22.8 Å². The van der Waals surface area contributed by atoms with Gasteiger partial charge in [0.15, 0.2) is 0 Å². The van der Waals surface area contributed by atoms with E-state index in [1.807, 2.05) is 18.2 Å². The quantitative estimate of drug-likeness (QED) is 0.881. The average molecular weight is 231 g/mol. The monoisotopic (exact) mass is 231 g/mol. The van der Waals surface area contributed by atoms with Gasteiger partial charge in [0.05, 0.1) is 12.7 Å². The van der Waals surface area contributed by atoms with Crippen molar-refractivity contribution in [1.82, 2.24) is 0 Å². The van der Waals surface area contributed by atoms with E-state index in [9.17, 15) is 4.79 Å². The van der Waals surface area contributed by atoms with Crippen LogP contribution in [-0.2, 0) is 0 Å². The SMILES string of the molecule is COc1cccc(-c2oc(C)cc2C(N)=O)c1. The standard InChI is InChI=1S/C13H13NO3/c1-8-6-11(13(14)15)12(17-8)9-4-3-5-10(7-9)16-2/h3-7H,1-2H3,(H2,14,15). The van der Waals surface area contributed by atoms with Gasteiger partial charge in [0.25, 0.3) is 5.91 Å². The normalized spacial score (nSPS) is 10.2. The Hall–Kier alpha value is -2.23. The van der Waals surface area contributed by atoms with E-state index in [-0.39, 0.29) is 0 Å². The zero-order valence-corrected chi connectivity index (χ0v) is 9.69. The number of primary amides is 1. The molecule has 0 unspecified atom stereocenters. The number of aryl methyl sites for hydroxylation is 1. The number of nitrogens with two attached hydrogens (primary N) is 1. The van der Waals surface area contributed by atoms with Crippen LogP contribution in [0.25, 0.3) is 11.3 Å². The molecule has 1 aromatic carbocycles. The number of benzene rings is 1. The summed E-state index contributed by atoms with van der Waals surface area (Å²) >= 11 is 0. The molecule has 1 heterocycles. The molecule has 0 aliphatic rings. The highest BCUT2D eigenvalue weighted by atomic mass is 16.5. The second-order valence-corrected chi connectivity index (χ2v) is 3.70. The van der Waals surface area contributed by atoms with Crippen LogP contribution in [0, 0.1) is 6.92 Å². The third-order valence-corrected chi connectivity index (χ3v) is 2.45. The molecule has 2 rings (SSSR count). The van der Waals surface area contributed by atoms with Gasteiger partial charge in [-0.2, -0.15) is 0 Å². The second kappa shape index (κ2) is 4.33. The van der Waals surface area contributed by atoms with E-state index in [1.165, 1.54) is 0 Å². The van der Waals surface area contributed by atoms with Crippen LogP contribution in [0.3, 0.4) is 0 Å². The summed E-state index contributed by atoms with van der Waals surface area (Å²) in [5.41, 5.74) is 6.46. The summed E-state index contributed by atoms with van der Waals surface area (Å²) in [6, 6.07) is 8.93. The maximum Gasteiger partial charge on any atom is 0.252 e. The summed E-state index contributed by atoms with van der Waals surface area (Å²) in [4.78, 5) is 11.3. The van der Waals surface area contributed by atoms with Gasteiger partial charge in [0.1, 0.15) is 17.3 Å². The molecule has 1 aromatic heterocycles. The Labute approximate surface area is 99.0 Å². The molecule has 0 aliphatic heterocycles. The molecule has 0 saturated heterocycles. The summed E-state index contributed by atoms with van der Waals surface area (Å²) in [7, 11) is 1.58. The van der Waals surface area contributed by atoms with Crippen molar-refractivity contribution in [3.63, 3.8) is 0 Å². The first-order valence-corrected chi connectivity index (χ1v) is 5.16. The predicted octanol–water partition coefficient (Wildman–Crippen LogP) is 2.36. The van der Waals surface area contributed by atoms with Gasteiger partial charge in [0.2, 0.25) is 0 Å². The first-order chi connectivity index (χ1) is 8.11. The summed E-state index contributed by atoms with van der Waals surface area (Å²) in [5, 5.41) is 0. The third-order valence-electron chi connectivity index (χ3n) is 2.45. The number of carbonyl (C=O) groups is 1. The van der Waals surface area contributed by atoms with E-state index in [1.54, 1.807) is 26.2 Å². The average Bonchev–Trinajstić information content (AvgIpc) is 2.72. The van der Waals surface area contributed by atoms with Crippen LogP contribution in [0.5, 0.6) is 5.75 Å². The Morgan fingerprint density at radius 2 is 2.12 bits per heavy atom. The largest absolute Gasteiger partial charge is 0.497 e. The molecule has 0 aliphatic carbocycles. The maximum atomic E-state index is 11.3. The molecule has 0 saturated carbocycles. The fraction of sp³-hybridized carbons (Fsp3) is 0.154. The van der Waals surface area contributed by atoms with Crippen molar-refractivity contribution < 1.29 is 13.9 Å². The Kier molecular flexibility index (Phi) is 2.87. The topological polar surface area (TPSA) is 65.5 Å². The summed E-state index contributed by atoms with van der Waals surface area (Å²) in [6.07, 6.45) is 0. The molecule has 0 radical (unpaired) electrons. The van der Waals surface area contributed by atoms with Crippen molar-refractivity contribution in [1.29, 1.82) is 0 Å². The van der Waals surface area contributed by atoms with Gasteiger partial charge in [-0.25, -0.2) is 0 Å². The highest BCUT2D eigenvalue weighted by Gasteiger charge is 2.15. The van der Waals surface area contributed by atoms with Crippen LogP contribution in [-0.4, -0.2) is 13.0 Å². The van der Waals surface area contributed by atoms with Gasteiger partial charge in [0, 0.05) is 5.56 Å². The lowest BCUT2D eigenvalue weighted by Gasteiger charge is -2.03. The molecule has 1 amide bonds. The number of rotatable bonds is 3. The minimum Gasteiger partial charge on any atom is -0.497 e. The number of carbonyl (C=O) groups excluding carboxylic acids is 1. The van der Waals surface area contributed by atoms with Crippen molar-refractivity contribution in [2.45, 2.75) is 6.92 Å². The minimum atomic E-state index is -0.500. The maximum absolute atomic E-state index is 11.3. The molecule has 0 spiro atoms. The van der Waals surface area contributed by atoms with Gasteiger partial charge < -0.3 is 14.9 Å². The minimum absolute atomic E-state index is 0.385. The molecule has 0 atom stereocenters. The fourth-order valence-corrected chi connectivity index (χ4v) is 1.68. The molecule has 17 heavy (non-hydrogen) atoms. The lowest BCUT2D eigenvalue weighted by Crippen LogP contribution is -2.10. The Balaban J connectivity index is 2.55. The van der Waals surface area contributed by atoms with Crippen molar-refractivity contribution in [3.05, 3.63) is 41.7 Å². The van der Waals surface area contributed by atoms with Crippen molar-refractivity contribution >= 4 is 5.91 Å². The number of methoxy groups -OCH3 is 1. The van der Waals surface area contributed by atoms with Crippen LogP contribution in [0.4, 0.5) is 0 Å². The number of amides is 1. The number of ether oxygens (including phenoxy) is 1. The highest BCUT2D eigenvalue weighted by molar-refractivity contribution is 5.98. The van der Waals surface area contributed by atoms with Crippen LogP contribution >= 0.6 is 0 Å². The first kappa shape index (κ1) is 11.3. The molecule has 2 aromatic rings. The molecule has 0 bridgehead atoms. The fourth-order valence-electron chi connectivity index (χ4n) is 1.68. The molecule has 88 valence electrons. The zero-order valence-electron chi connectivity index (χ0n) is 9.69. The van der Waals surface area contributed by atoms with E-state index in [2.05, 4.69) is 0 Å². The van der Waals surface area contributed by atoms with E-state index in [4.69, 9.17) is 14.9 Å². The Morgan fingerprint density at radius 1 is 1.35 bits per heavy atom. The number of hydrogen-bond acceptors (Lipinski definition) is 3. The van der Waals surface area contributed by atoms with Crippen molar-refractivity contribution in [3.8, 4) is 17.1 Å². The second-order valence-electron chi connectivity index (χ2n) is 3.70. The highest BCUT2D eigenvalue weighted by Crippen LogP contribution is 2.29. The number of hydrogen-bond donors (Lipinski definition) is 1. The summed E-state index contributed by atoms with van der Waals surface area (Å²) in [6.45, 7) is 1.77. The van der Waals surface area contributed by atoms with Crippen molar-refractivity contribution in [2.24, 2.45) is 5.73 Å². The van der Waals surface area contributed by atoms with Crippen LogP contribution in [0.1, 0.15) is 16.1 Å². The lowest BCUT2D eigenvalue weighted by atomic mass is 10.1. The summed E-state index contributed by atoms with van der Waals surface area (Å²) < 4.78 is 10.6. The Bertz CT molecular complexity index is 558. The Morgan fingerprint density at radius 3 is 2.76 bits per heavy atom. The van der Waals surface area contributed by atoms with E-state index < -0.39 is 5.91 Å². The van der Waals surface area contributed by atoms with Gasteiger partial charge in [-0.05, 0) is 25.1 Å². The molecular weight excluding hydrogens is 218 g/mol. The summed E-state index contributed by atoms with van der Waals surface area (Å²) in [5.74, 6) is 1.33. The number of furan rings is 1. The van der Waals surface area contributed by atoms with Gasteiger partial charge in [-0.15, -0.1) is 0 Å².